The summed E-state index contributed by atoms with van der Waals surface area (Å²) in [5.41, 5.74) is -0.174. The summed E-state index contributed by atoms with van der Waals surface area (Å²) >= 11 is 0. The third-order valence-electron chi connectivity index (χ3n) is 3.00. The van der Waals surface area contributed by atoms with E-state index in [1.165, 1.54) is 4.90 Å². The molecular formula is C12H14F2N2O2. The summed E-state index contributed by atoms with van der Waals surface area (Å²) in [6, 6.07) is 2.41. The molecule has 2 N–H and O–H groups in total. The van der Waals surface area contributed by atoms with Crippen LogP contribution in [0, 0.1) is 17.6 Å². The largest absolute Gasteiger partial charge is 0.396 e. The van der Waals surface area contributed by atoms with E-state index in [2.05, 4.69) is 5.32 Å². The number of benzene rings is 1. The van der Waals surface area contributed by atoms with Crippen LogP contribution in [0.3, 0.4) is 0 Å². The van der Waals surface area contributed by atoms with Crippen molar-refractivity contribution in [2.24, 2.45) is 5.92 Å². The van der Waals surface area contributed by atoms with Crippen LogP contribution in [-0.4, -0.2) is 35.7 Å². The first-order valence-corrected chi connectivity index (χ1v) is 5.72. The molecule has 4 nitrogen and oxygen atoms in total. The summed E-state index contributed by atoms with van der Waals surface area (Å²) in [6.45, 7) is 0.964. The Morgan fingerprint density at radius 2 is 2.28 bits per heavy atom. The highest BCUT2D eigenvalue weighted by Crippen LogP contribution is 2.19. The number of nitrogens with zero attached hydrogens (tertiary/aromatic N) is 1. The van der Waals surface area contributed by atoms with E-state index in [1.807, 2.05) is 0 Å². The zero-order valence-corrected chi connectivity index (χ0v) is 9.70. The Bertz CT molecular complexity index is 454. The first-order chi connectivity index (χ1) is 8.60. The molecule has 1 aromatic rings. The first-order valence-electron chi connectivity index (χ1n) is 5.72. The fraction of sp³-hybridized carbons (Fsp3) is 0.417. The standard InChI is InChI=1S/C12H14F2N2O2/c13-9-1-2-10(14)11(5-9)15-12(18)16-4-3-8(6-16)7-17/h1-2,5,8,17H,3-4,6-7H2,(H,15,18). The van der Waals surface area contributed by atoms with Gasteiger partial charge in [0.25, 0.3) is 0 Å². The maximum Gasteiger partial charge on any atom is 0.321 e. The minimum Gasteiger partial charge on any atom is -0.396 e. The van der Waals surface area contributed by atoms with Crippen LogP contribution < -0.4 is 5.32 Å². The number of likely N-dealkylation sites (tertiary alicyclic amines) is 1. The Morgan fingerprint density at radius 1 is 1.50 bits per heavy atom. The Labute approximate surface area is 103 Å². The van der Waals surface area contributed by atoms with Gasteiger partial charge in [-0.3, -0.25) is 0 Å². The summed E-state index contributed by atoms with van der Waals surface area (Å²) in [6.07, 6.45) is 0.718. The van der Waals surface area contributed by atoms with Gasteiger partial charge in [-0.1, -0.05) is 0 Å². The van der Waals surface area contributed by atoms with Crippen molar-refractivity contribution in [1.82, 2.24) is 4.90 Å². The predicted octanol–water partition coefficient (Wildman–Crippen LogP) is 1.81. The molecule has 0 saturated carbocycles. The molecule has 0 bridgehead atoms. The monoisotopic (exact) mass is 256 g/mol. The summed E-state index contributed by atoms with van der Waals surface area (Å²) in [5.74, 6) is -1.22. The molecule has 98 valence electrons. The maximum atomic E-state index is 13.3. The number of aliphatic hydroxyl groups excluding tert-OH is 1. The average Bonchev–Trinajstić information content (AvgIpc) is 2.82. The molecule has 2 amide bonds. The maximum absolute atomic E-state index is 13.3. The molecule has 2 rings (SSSR count). The predicted molar refractivity (Wildman–Crippen MR) is 62.1 cm³/mol. The van der Waals surface area contributed by atoms with Gasteiger partial charge in [0.05, 0.1) is 5.69 Å². The Morgan fingerprint density at radius 3 is 2.94 bits per heavy atom. The van der Waals surface area contributed by atoms with Crippen LogP contribution in [0.4, 0.5) is 19.3 Å². The minimum absolute atomic E-state index is 0.0259. The summed E-state index contributed by atoms with van der Waals surface area (Å²) < 4.78 is 26.2. The van der Waals surface area contributed by atoms with Crippen molar-refractivity contribution in [3.8, 4) is 0 Å². The molecule has 1 atom stereocenters. The molecule has 1 heterocycles. The minimum atomic E-state index is -0.678. The quantitative estimate of drug-likeness (QED) is 0.848. The van der Waals surface area contributed by atoms with Crippen LogP contribution in [0.2, 0.25) is 0 Å². The number of amides is 2. The van der Waals surface area contributed by atoms with E-state index < -0.39 is 17.7 Å². The molecule has 0 aromatic heterocycles. The van der Waals surface area contributed by atoms with Gasteiger partial charge < -0.3 is 15.3 Å². The summed E-state index contributed by atoms with van der Waals surface area (Å²) in [4.78, 5) is 13.3. The van der Waals surface area contributed by atoms with Crippen molar-refractivity contribution in [2.45, 2.75) is 6.42 Å². The number of nitrogens with one attached hydrogen (secondary N) is 1. The Balaban J connectivity index is 2.01. The zero-order valence-electron chi connectivity index (χ0n) is 9.70. The smallest absolute Gasteiger partial charge is 0.321 e. The second-order valence-corrected chi connectivity index (χ2v) is 4.34. The molecule has 18 heavy (non-hydrogen) atoms. The molecule has 0 spiro atoms. The number of carbonyl (C=O) groups excluding carboxylic acids is 1. The van der Waals surface area contributed by atoms with Crippen LogP contribution in [0.5, 0.6) is 0 Å². The lowest BCUT2D eigenvalue weighted by Crippen LogP contribution is -2.33. The average molecular weight is 256 g/mol. The van der Waals surface area contributed by atoms with Crippen molar-refractivity contribution >= 4 is 11.7 Å². The number of hydrogen-bond donors (Lipinski definition) is 2. The SMILES string of the molecule is O=C(Nc1cc(F)ccc1F)N1CCC(CO)C1. The molecule has 6 heteroatoms. The number of halogens is 2. The van der Waals surface area contributed by atoms with E-state index in [0.717, 1.165) is 24.6 Å². The van der Waals surface area contributed by atoms with E-state index in [-0.39, 0.29) is 18.2 Å². The van der Waals surface area contributed by atoms with E-state index in [9.17, 15) is 13.6 Å². The molecule has 1 aromatic carbocycles. The highest BCUT2D eigenvalue weighted by molar-refractivity contribution is 5.89. The molecule has 0 radical (unpaired) electrons. The van der Waals surface area contributed by atoms with Crippen molar-refractivity contribution in [1.29, 1.82) is 0 Å². The topological polar surface area (TPSA) is 52.6 Å². The van der Waals surface area contributed by atoms with E-state index >= 15 is 0 Å². The van der Waals surface area contributed by atoms with E-state index in [1.54, 1.807) is 0 Å². The summed E-state index contributed by atoms with van der Waals surface area (Å²) in [7, 11) is 0. The molecule has 1 unspecified atom stereocenters. The third kappa shape index (κ3) is 2.76. The number of rotatable bonds is 2. The van der Waals surface area contributed by atoms with Gasteiger partial charge in [-0.2, -0.15) is 0 Å². The van der Waals surface area contributed by atoms with Crippen LogP contribution >= 0.6 is 0 Å². The van der Waals surface area contributed by atoms with Crippen molar-refractivity contribution in [3.63, 3.8) is 0 Å². The first kappa shape index (κ1) is 12.8. The Hall–Kier alpha value is -1.69. The van der Waals surface area contributed by atoms with E-state index in [0.29, 0.717) is 13.1 Å². The molecule has 1 saturated heterocycles. The van der Waals surface area contributed by atoms with Gasteiger partial charge in [-0.15, -0.1) is 0 Å². The Kier molecular flexibility index (Phi) is 3.76. The van der Waals surface area contributed by atoms with Gasteiger partial charge in [0.1, 0.15) is 11.6 Å². The highest BCUT2D eigenvalue weighted by Gasteiger charge is 2.26. The number of urea groups is 1. The fourth-order valence-electron chi connectivity index (χ4n) is 1.95. The molecule has 1 aliphatic heterocycles. The van der Waals surface area contributed by atoms with E-state index in [4.69, 9.17) is 5.11 Å². The highest BCUT2D eigenvalue weighted by atomic mass is 19.1. The van der Waals surface area contributed by atoms with Gasteiger partial charge in [0, 0.05) is 31.7 Å². The van der Waals surface area contributed by atoms with Crippen LogP contribution in [-0.2, 0) is 0 Å². The number of aliphatic hydroxyl groups is 1. The number of carbonyl (C=O) groups is 1. The van der Waals surface area contributed by atoms with Crippen LogP contribution in [0.25, 0.3) is 0 Å². The molecule has 1 fully saturated rings. The lowest BCUT2D eigenvalue weighted by atomic mass is 10.1. The molecular weight excluding hydrogens is 242 g/mol. The van der Waals surface area contributed by atoms with Crippen LogP contribution in [0.1, 0.15) is 6.42 Å². The van der Waals surface area contributed by atoms with Gasteiger partial charge in [0.15, 0.2) is 0 Å². The molecule has 0 aliphatic carbocycles. The van der Waals surface area contributed by atoms with Crippen LogP contribution in [0.15, 0.2) is 18.2 Å². The zero-order chi connectivity index (χ0) is 13.1. The van der Waals surface area contributed by atoms with Gasteiger partial charge in [0.2, 0.25) is 0 Å². The fourth-order valence-corrected chi connectivity index (χ4v) is 1.95. The second kappa shape index (κ2) is 5.30. The number of anilines is 1. The van der Waals surface area contributed by atoms with Gasteiger partial charge in [-0.05, 0) is 18.6 Å². The van der Waals surface area contributed by atoms with Crippen molar-refractivity contribution < 1.29 is 18.7 Å². The second-order valence-electron chi connectivity index (χ2n) is 4.34. The molecule has 1 aliphatic rings. The lowest BCUT2D eigenvalue weighted by molar-refractivity contribution is 0.208. The van der Waals surface area contributed by atoms with Crippen molar-refractivity contribution in [3.05, 3.63) is 29.8 Å². The number of hydrogen-bond acceptors (Lipinski definition) is 2. The van der Waals surface area contributed by atoms with Gasteiger partial charge in [-0.25, -0.2) is 13.6 Å². The lowest BCUT2D eigenvalue weighted by Gasteiger charge is -2.17. The third-order valence-corrected chi connectivity index (χ3v) is 3.00. The van der Waals surface area contributed by atoms with Crippen molar-refractivity contribution in [2.75, 3.05) is 25.0 Å². The normalized spacial score (nSPS) is 19.1. The van der Waals surface area contributed by atoms with Gasteiger partial charge >= 0.3 is 6.03 Å². The summed E-state index contributed by atoms with van der Waals surface area (Å²) in [5, 5.41) is 11.3.